The molecule has 1 aliphatic carbocycles. The molecule has 1 aromatic carbocycles. The number of nitrogens with zero attached hydrogens (tertiary/aromatic N) is 2. The molecule has 98 valence electrons. The van der Waals surface area contributed by atoms with Crippen LogP contribution in [0.3, 0.4) is 0 Å². The molecule has 6 heteroatoms. The van der Waals surface area contributed by atoms with E-state index in [4.69, 9.17) is 17.3 Å². The molecule has 0 aliphatic heterocycles. The van der Waals surface area contributed by atoms with Gasteiger partial charge in [0, 0.05) is 6.42 Å². The van der Waals surface area contributed by atoms with E-state index >= 15 is 0 Å². The number of rotatable bonds is 2. The first kappa shape index (κ1) is 12.2. The van der Waals surface area contributed by atoms with Crippen LogP contribution < -0.4 is 11.1 Å². The van der Waals surface area contributed by atoms with Gasteiger partial charge in [0.25, 0.3) is 0 Å². The number of aliphatic hydroxyl groups is 1. The Morgan fingerprint density at radius 1 is 1.32 bits per heavy atom. The van der Waals surface area contributed by atoms with Crippen LogP contribution in [0.25, 0.3) is 0 Å². The number of aromatic nitrogens is 2. The van der Waals surface area contributed by atoms with E-state index in [1.807, 2.05) is 24.3 Å². The van der Waals surface area contributed by atoms with Gasteiger partial charge in [-0.1, -0.05) is 35.9 Å². The van der Waals surface area contributed by atoms with Crippen LogP contribution in [0.4, 0.5) is 11.5 Å². The first-order chi connectivity index (χ1) is 9.16. The normalized spacial score (nSPS) is 21.2. The van der Waals surface area contributed by atoms with E-state index in [2.05, 4.69) is 15.3 Å². The summed E-state index contributed by atoms with van der Waals surface area (Å²) in [7, 11) is 0. The predicted octanol–water partition coefficient (Wildman–Crippen LogP) is 1.78. The Balaban J connectivity index is 1.93. The van der Waals surface area contributed by atoms with Crippen molar-refractivity contribution < 1.29 is 5.11 Å². The lowest BCUT2D eigenvalue weighted by Crippen LogP contribution is -2.22. The molecule has 2 atom stereocenters. The van der Waals surface area contributed by atoms with Crippen molar-refractivity contribution in [3.05, 3.63) is 46.9 Å². The number of hydrogen-bond donors (Lipinski definition) is 3. The molecule has 0 fully saturated rings. The number of aliphatic hydroxyl groups excluding tert-OH is 1. The van der Waals surface area contributed by atoms with E-state index in [0.717, 1.165) is 11.1 Å². The number of nitrogen functional groups attached to an aromatic ring is 1. The Morgan fingerprint density at radius 2 is 2.11 bits per heavy atom. The maximum absolute atomic E-state index is 10.2. The Morgan fingerprint density at radius 3 is 2.95 bits per heavy atom. The number of hydrogen-bond acceptors (Lipinski definition) is 5. The van der Waals surface area contributed by atoms with Crippen LogP contribution in [0.15, 0.2) is 30.6 Å². The Kier molecular flexibility index (Phi) is 3.00. The largest absolute Gasteiger partial charge is 0.393 e. The molecular formula is C13H13ClN4O. The van der Waals surface area contributed by atoms with Crippen LogP contribution in [0.1, 0.15) is 17.2 Å². The molecule has 0 saturated heterocycles. The van der Waals surface area contributed by atoms with Crippen LogP contribution in [0.5, 0.6) is 0 Å². The average Bonchev–Trinajstić information content (AvgIpc) is 2.72. The highest BCUT2D eigenvalue weighted by Gasteiger charge is 2.31. The lowest BCUT2D eigenvalue weighted by Gasteiger charge is -2.19. The molecule has 4 N–H and O–H groups in total. The average molecular weight is 277 g/mol. The zero-order chi connectivity index (χ0) is 13.4. The third kappa shape index (κ3) is 2.11. The molecule has 19 heavy (non-hydrogen) atoms. The monoisotopic (exact) mass is 276 g/mol. The number of nitrogens with two attached hydrogens (primary N) is 1. The van der Waals surface area contributed by atoms with Crippen LogP contribution in [-0.2, 0) is 6.42 Å². The van der Waals surface area contributed by atoms with Gasteiger partial charge in [-0.3, -0.25) is 0 Å². The van der Waals surface area contributed by atoms with E-state index in [-0.39, 0.29) is 11.2 Å². The minimum absolute atomic E-state index is 0.207. The van der Waals surface area contributed by atoms with E-state index in [0.29, 0.717) is 17.9 Å². The van der Waals surface area contributed by atoms with Gasteiger partial charge in [0.1, 0.15) is 12.0 Å². The van der Waals surface area contributed by atoms with Crippen molar-refractivity contribution in [2.45, 2.75) is 18.6 Å². The number of nitrogens with one attached hydrogen (secondary N) is 1. The van der Waals surface area contributed by atoms with Crippen LogP contribution in [0, 0.1) is 0 Å². The van der Waals surface area contributed by atoms with E-state index in [1.165, 1.54) is 6.33 Å². The molecule has 5 nitrogen and oxygen atoms in total. The fraction of sp³-hybridized carbons (Fsp3) is 0.231. The van der Waals surface area contributed by atoms with Crippen LogP contribution in [-0.4, -0.2) is 21.2 Å². The van der Waals surface area contributed by atoms with Gasteiger partial charge in [-0.15, -0.1) is 0 Å². The van der Waals surface area contributed by atoms with Crippen molar-refractivity contribution in [2.24, 2.45) is 0 Å². The molecule has 0 spiro atoms. The van der Waals surface area contributed by atoms with Crippen LogP contribution in [0.2, 0.25) is 5.15 Å². The summed E-state index contributed by atoms with van der Waals surface area (Å²) in [6.07, 6.45) is 1.45. The fourth-order valence-electron chi connectivity index (χ4n) is 2.38. The topological polar surface area (TPSA) is 84.1 Å². The van der Waals surface area contributed by atoms with Gasteiger partial charge in [-0.25, -0.2) is 9.97 Å². The first-order valence-electron chi connectivity index (χ1n) is 5.95. The third-order valence-corrected chi connectivity index (χ3v) is 3.63. The Bertz CT molecular complexity index is 619. The second-order valence-electron chi connectivity index (χ2n) is 4.52. The molecule has 0 saturated carbocycles. The molecule has 2 aromatic rings. The number of fused-ring (bicyclic) bond motifs is 1. The maximum Gasteiger partial charge on any atom is 0.157 e. The van der Waals surface area contributed by atoms with E-state index in [9.17, 15) is 5.11 Å². The zero-order valence-corrected chi connectivity index (χ0v) is 10.8. The third-order valence-electron chi connectivity index (χ3n) is 3.33. The van der Waals surface area contributed by atoms with Crippen molar-refractivity contribution in [2.75, 3.05) is 11.1 Å². The van der Waals surface area contributed by atoms with E-state index < -0.39 is 6.10 Å². The fourth-order valence-corrected chi connectivity index (χ4v) is 2.52. The summed E-state index contributed by atoms with van der Waals surface area (Å²) in [5, 5.41) is 13.5. The number of benzene rings is 1. The summed E-state index contributed by atoms with van der Waals surface area (Å²) in [5.74, 6) is 0.445. The van der Waals surface area contributed by atoms with Gasteiger partial charge >= 0.3 is 0 Å². The molecule has 3 rings (SSSR count). The summed E-state index contributed by atoms with van der Waals surface area (Å²) in [5.41, 5.74) is 8.31. The lowest BCUT2D eigenvalue weighted by molar-refractivity contribution is 0.165. The molecule has 0 bridgehead atoms. The smallest absolute Gasteiger partial charge is 0.157 e. The molecular weight excluding hydrogens is 264 g/mol. The molecule has 1 aromatic heterocycles. The molecule has 1 heterocycles. The highest BCUT2D eigenvalue weighted by Crippen LogP contribution is 2.35. The Labute approximate surface area is 115 Å². The summed E-state index contributed by atoms with van der Waals surface area (Å²) >= 11 is 5.86. The van der Waals surface area contributed by atoms with Gasteiger partial charge in [-0.05, 0) is 11.1 Å². The van der Waals surface area contributed by atoms with Crippen molar-refractivity contribution in [3.8, 4) is 0 Å². The SMILES string of the molecule is Nc1c(Cl)ncnc1N[C@@H]1c2ccccc2C[C@@H]1O. The van der Waals surface area contributed by atoms with Crippen LogP contribution >= 0.6 is 11.6 Å². The summed E-state index contributed by atoms with van der Waals surface area (Å²) in [6, 6.07) is 7.68. The number of halogens is 1. The summed E-state index contributed by atoms with van der Waals surface area (Å²) in [6.45, 7) is 0. The van der Waals surface area contributed by atoms with Gasteiger partial charge in [0.15, 0.2) is 11.0 Å². The van der Waals surface area contributed by atoms with Gasteiger partial charge in [0.2, 0.25) is 0 Å². The zero-order valence-electron chi connectivity index (χ0n) is 10.0. The van der Waals surface area contributed by atoms with E-state index in [1.54, 1.807) is 0 Å². The van der Waals surface area contributed by atoms with Crippen molar-refractivity contribution in [3.63, 3.8) is 0 Å². The van der Waals surface area contributed by atoms with Crippen molar-refractivity contribution >= 4 is 23.1 Å². The molecule has 0 unspecified atom stereocenters. The quantitative estimate of drug-likeness (QED) is 0.728. The first-order valence-corrected chi connectivity index (χ1v) is 6.33. The van der Waals surface area contributed by atoms with Gasteiger partial charge in [-0.2, -0.15) is 0 Å². The van der Waals surface area contributed by atoms with Gasteiger partial charge in [0.05, 0.1) is 12.1 Å². The van der Waals surface area contributed by atoms with Crippen molar-refractivity contribution in [1.82, 2.24) is 9.97 Å². The minimum atomic E-state index is -0.509. The van der Waals surface area contributed by atoms with Crippen molar-refractivity contribution in [1.29, 1.82) is 0 Å². The summed E-state index contributed by atoms with van der Waals surface area (Å²) in [4.78, 5) is 7.87. The van der Waals surface area contributed by atoms with Gasteiger partial charge < -0.3 is 16.2 Å². The Hall–Kier alpha value is -1.85. The maximum atomic E-state index is 10.2. The lowest BCUT2D eigenvalue weighted by atomic mass is 10.1. The minimum Gasteiger partial charge on any atom is -0.393 e. The second-order valence-corrected chi connectivity index (χ2v) is 4.88. The second kappa shape index (κ2) is 4.68. The highest BCUT2D eigenvalue weighted by atomic mass is 35.5. The molecule has 0 amide bonds. The highest BCUT2D eigenvalue weighted by molar-refractivity contribution is 6.32. The number of anilines is 2. The predicted molar refractivity (Wildman–Crippen MR) is 74.0 cm³/mol. The molecule has 1 aliphatic rings. The molecule has 0 radical (unpaired) electrons. The summed E-state index contributed by atoms with van der Waals surface area (Å²) < 4.78 is 0. The standard InChI is InChI=1S/C13H13ClN4O/c14-12-10(15)13(17-6-16-12)18-11-8-4-2-1-3-7(8)5-9(11)19/h1-4,6,9,11,19H,5,15H2,(H,16,17,18)/t9-,11+/m0/s1.